The molecule has 2 aromatic heterocycles. The number of hydrogen-bond acceptors (Lipinski definition) is 8. The Hall–Kier alpha value is -3.43. The minimum atomic E-state index is -1.09. The number of nitrogens with one attached hydrogen (secondary N) is 1. The fourth-order valence-corrected chi connectivity index (χ4v) is 4.10. The maximum Gasteiger partial charge on any atom is 0.333 e. The third-order valence-corrected chi connectivity index (χ3v) is 5.86. The van der Waals surface area contributed by atoms with E-state index in [1.165, 1.54) is 13.2 Å². The standard InChI is InChI=1S/C22H18ClN3O5S/c1-12-24-17-9-13(7-8-19(17)32-12)30-11-14-10-18(26-31-14)21(27)25-20(22(28)29-2)15-5-3-4-6-16(15)23/h3-10,20H,11H2,1-2H3,(H,25,27)/t20-/m0/s1. The largest absolute Gasteiger partial charge is 0.485 e. The van der Waals surface area contributed by atoms with Crippen LogP contribution in [0.15, 0.2) is 53.1 Å². The molecule has 1 N–H and O–H groups in total. The van der Waals surface area contributed by atoms with Crippen molar-refractivity contribution in [3.05, 3.63) is 75.6 Å². The van der Waals surface area contributed by atoms with Crippen LogP contribution in [0.4, 0.5) is 0 Å². The molecule has 0 bridgehead atoms. The van der Waals surface area contributed by atoms with Crippen molar-refractivity contribution < 1.29 is 23.6 Å². The van der Waals surface area contributed by atoms with E-state index >= 15 is 0 Å². The van der Waals surface area contributed by atoms with E-state index in [4.69, 9.17) is 25.6 Å². The predicted molar refractivity (Wildman–Crippen MR) is 119 cm³/mol. The van der Waals surface area contributed by atoms with Gasteiger partial charge in [-0.05, 0) is 25.1 Å². The number of fused-ring (bicyclic) bond motifs is 1. The summed E-state index contributed by atoms with van der Waals surface area (Å²) in [6.07, 6.45) is 0. The van der Waals surface area contributed by atoms with Crippen molar-refractivity contribution >= 4 is 45.0 Å². The molecular formula is C22H18ClN3O5S. The zero-order chi connectivity index (χ0) is 22.7. The monoisotopic (exact) mass is 471 g/mol. The molecule has 4 rings (SSSR count). The van der Waals surface area contributed by atoms with Gasteiger partial charge in [0.2, 0.25) is 0 Å². The van der Waals surface area contributed by atoms with Crippen LogP contribution in [0.25, 0.3) is 10.2 Å². The molecule has 4 aromatic rings. The molecule has 0 unspecified atom stereocenters. The van der Waals surface area contributed by atoms with E-state index in [1.807, 2.05) is 25.1 Å². The molecule has 0 aliphatic rings. The molecular weight excluding hydrogens is 454 g/mol. The van der Waals surface area contributed by atoms with Crippen LogP contribution in [0.3, 0.4) is 0 Å². The molecule has 32 heavy (non-hydrogen) atoms. The van der Waals surface area contributed by atoms with Gasteiger partial charge in [-0.1, -0.05) is 35.0 Å². The number of hydrogen-bond donors (Lipinski definition) is 1. The van der Waals surface area contributed by atoms with Gasteiger partial charge in [0.15, 0.2) is 17.5 Å². The number of rotatable bonds is 7. The van der Waals surface area contributed by atoms with Crippen molar-refractivity contribution in [1.82, 2.24) is 15.5 Å². The molecule has 2 aromatic carbocycles. The Morgan fingerprint density at radius 3 is 2.81 bits per heavy atom. The molecule has 0 saturated carbocycles. The number of benzene rings is 2. The zero-order valence-corrected chi connectivity index (χ0v) is 18.7. The summed E-state index contributed by atoms with van der Waals surface area (Å²) in [5, 5.41) is 7.66. The molecule has 10 heteroatoms. The summed E-state index contributed by atoms with van der Waals surface area (Å²) in [5.74, 6) is -0.312. The van der Waals surface area contributed by atoms with Crippen LogP contribution in [0, 0.1) is 6.92 Å². The van der Waals surface area contributed by atoms with E-state index in [0.717, 1.165) is 15.2 Å². The summed E-state index contributed by atoms with van der Waals surface area (Å²) in [6.45, 7) is 2.02. The lowest BCUT2D eigenvalue weighted by Crippen LogP contribution is -2.34. The lowest BCUT2D eigenvalue weighted by atomic mass is 10.1. The Labute approximate surface area is 192 Å². The van der Waals surface area contributed by atoms with Crippen LogP contribution < -0.4 is 10.1 Å². The van der Waals surface area contributed by atoms with Crippen LogP contribution in [-0.2, 0) is 16.1 Å². The average molecular weight is 472 g/mol. The van der Waals surface area contributed by atoms with Gasteiger partial charge in [0.25, 0.3) is 5.91 Å². The Morgan fingerprint density at radius 2 is 2.03 bits per heavy atom. The number of aromatic nitrogens is 2. The third-order valence-electron chi connectivity index (χ3n) is 4.57. The highest BCUT2D eigenvalue weighted by molar-refractivity contribution is 7.18. The fraction of sp³-hybridized carbons (Fsp3) is 0.182. The van der Waals surface area contributed by atoms with Gasteiger partial charge in [0.1, 0.15) is 12.4 Å². The number of thiazole rings is 1. The first kappa shape index (κ1) is 21.8. The molecule has 0 radical (unpaired) electrons. The van der Waals surface area contributed by atoms with E-state index in [-0.39, 0.29) is 12.3 Å². The Balaban J connectivity index is 1.44. The predicted octanol–water partition coefficient (Wildman–Crippen LogP) is 4.47. The Kier molecular flexibility index (Phi) is 6.38. The number of ether oxygens (including phenoxy) is 2. The maximum absolute atomic E-state index is 12.7. The van der Waals surface area contributed by atoms with Crippen molar-refractivity contribution in [2.75, 3.05) is 7.11 Å². The quantitative estimate of drug-likeness (QED) is 0.396. The normalized spacial score (nSPS) is 11.8. The molecule has 0 aliphatic heterocycles. The first-order valence-corrected chi connectivity index (χ1v) is 10.7. The lowest BCUT2D eigenvalue weighted by Gasteiger charge is -2.17. The molecule has 164 valence electrons. The van der Waals surface area contributed by atoms with Crippen molar-refractivity contribution in [1.29, 1.82) is 0 Å². The van der Waals surface area contributed by atoms with Gasteiger partial charge < -0.3 is 19.3 Å². The van der Waals surface area contributed by atoms with Crippen LogP contribution >= 0.6 is 22.9 Å². The summed E-state index contributed by atoms with van der Waals surface area (Å²) in [5.41, 5.74) is 1.26. The first-order chi connectivity index (χ1) is 15.4. The van der Waals surface area contributed by atoms with Crippen molar-refractivity contribution in [3.8, 4) is 5.75 Å². The zero-order valence-electron chi connectivity index (χ0n) is 17.1. The molecule has 0 saturated heterocycles. The summed E-state index contributed by atoms with van der Waals surface area (Å²) in [6, 6.07) is 12.7. The number of amides is 1. The first-order valence-electron chi connectivity index (χ1n) is 9.53. The minimum absolute atomic E-state index is 0.00450. The van der Waals surface area contributed by atoms with E-state index in [9.17, 15) is 9.59 Å². The molecule has 0 spiro atoms. The maximum atomic E-state index is 12.7. The number of methoxy groups -OCH3 is 1. The summed E-state index contributed by atoms with van der Waals surface area (Å²) >= 11 is 7.79. The topological polar surface area (TPSA) is 104 Å². The molecule has 0 aliphatic carbocycles. The van der Waals surface area contributed by atoms with E-state index in [0.29, 0.717) is 22.1 Å². The summed E-state index contributed by atoms with van der Waals surface area (Å²) < 4.78 is 16.8. The minimum Gasteiger partial charge on any atom is -0.485 e. The van der Waals surface area contributed by atoms with Crippen molar-refractivity contribution in [2.45, 2.75) is 19.6 Å². The van der Waals surface area contributed by atoms with Gasteiger partial charge in [0, 0.05) is 22.7 Å². The van der Waals surface area contributed by atoms with Gasteiger partial charge in [-0.2, -0.15) is 0 Å². The van der Waals surface area contributed by atoms with Crippen molar-refractivity contribution in [2.24, 2.45) is 0 Å². The van der Waals surface area contributed by atoms with E-state index in [1.54, 1.807) is 35.6 Å². The molecule has 8 nitrogen and oxygen atoms in total. The van der Waals surface area contributed by atoms with Crippen LogP contribution in [0.1, 0.15) is 32.9 Å². The van der Waals surface area contributed by atoms with Gasteiger partial charge >= 0.3 is 5.97 Å². The smallest absolute Gasteiger partial charge is 0.333 e. The number of nitrogens with zero attached hydrogens (tertiary/aromatic N) is 2. The van der Waals surface area contributed by atoms with Crippen LogP contribution in [0.5, 0.6) is 5.75 Å². The second kappa shape index (κ2) is 9.37. The SMILES string of the molecule is COC(=O)[C@@H](NC(=O)c1cc(COc2ccc3sc(C)nc3c2)on1)c1ccccc1Cl. The van der Waals surface area contributed by atoms with Gasteiger partial charge in [-0.15, -0.1) is 11.3 Å². The second-order valence-electron chi connectivity index (χ2n) is 6.78. The van der Waals surface area contributed by atoms with Gasteiger partial charge in [-0.3, -0.25) is 4.79 Å². The number of halogens is 1. The summed E-state index contributed by atoms with van der Waals surface area (Å²) in [7, 11) is 1.23. The number of carbonyl (C=O) groups is 2. The number of esters is 1. The highest BCUT2D eigenvalue weighted by atomic mass is 35.5. The molecule has 2 heterocycles. The molecule has 0 fully saturated rings. The molecule has 1 amide bonds. The Morgan fingerprint density at radius 1 is 1.22 bits per heavy atom. The summed E-state index contributed by atoms with van der Waals surface area (Å²) in [4.78, 5) is 29.3. The van der Waals surface area contributed by atoms with Crippen LogP contribution in [-0.4, -0.2) is 29.1 Å². The molecule has 1 atom stereocenters. The van der Waals surface area contributed by atoms with E-state index < -0.39 is 17.9 Å². The number of carbonyl (C=O) groups excluding carboxylic acids is 2. The third kappa shape index (κ3) is 4.74. The Bertz CT molecular complexity index is 1290. The van der Waals surface area contributed by atoms with Gasteiger partial charge in [-0.25, -0.2) is 9.78 Å². The fourth-order valence-electron chi connectivity index (χ4n) is 3.05. The number of aryl methyl sites for hydroxylation is 1. The van der Waals surface area contributed by atoms with Crippen LogP contribution in [0.2, 0.25) is 5.02 Å². The lowest BCUT2D eigenvalue weighted by molar-refractivity contribution is -0.143. The van der Waals surface area contributed by atoms with E-state index in [2.05, 4.69) is 15.5 Å². The highest BCUT2D eigenvalue weighted by Crippen LogP contribution is 2.26. The average Bonchev–Trinajstić information content (AvgIpc) is 3.41. The van der Waals surface area contributed by atoms with Gasteiger partial charge in [0.05, 0.1) is 22.3 Å². The van der Waals surface area contributed by atoms with Crippen molar-refractivity contribution in [3.63, 3.8) is 0 Å². The highest BCUT2D eigenvalue weighted by Gasteiger charge is 2.27. The second-order valence-corrected chi connectivity index (χ2v) is 8.42.